The Labute approximate surface area is 116 Å². The normalized spacial score (nSPS) is 11.9. The van der Waals surface area contributed by atoms with Crippen molar-refractivity contribution in [1.29, 1.82) is 0 Å². The van der Waals surface area contributed by atoms with Crippen LogP contribution in [0.1, 0.15) is 6.92 Å². The van der Waals surface area contributed by atoms with Gasteiger partial charge in [-0.25, -0.2) is 0 Å². The van der Waals surface area contributed by atoms with E-state index in [-0.39, 0.29) is 6.04 Å². The van der Waals surface area contributed by atoms with Crippen LogP contribution in [0.2, 0.25) is 0 Å². The third kappa shape index (κ3) is 3.50. The molecule has 0 spiro atoms. The van der Waals surface area contributed by atoms with Crippen molar-refractivity contribution in [3.05, 3.63) is 18.5 Å². The van der Waals surface area contributed by atoms with Gasteiger partial charge in [0.1, 0.15) is 0 Å². The first-order valence-corrected chi connectivity index (χ1v) is 6.12. The van der Waals surface area contributed by atoms with Crippen molar-refractivity contribution in [2.24, 2.45) is 0 Å². The smallest absolute Gasteiger partial charge is 0.229 e. The summed E-state index contributed by atoms with van der Waals surface area (Å²) >= 11 is 0. The molecule has 0 radical (unpaired) electrons. The third-order valence-electron chi connectivity index (χ3n) is 2.59. The highest BCUT2D eigenvalue weighted by Crippen LogP contribution is 2.17. The third-order valence-corrected chi connectivity index (χ3v) is 2.59. The minimum Gasteiger partial charge on any atom is -0.481 e. The molecule has 0 saturated carbocycles. The second kappa shape index (κ2) is 6.09. The Kier molecular flexibility index (Phi) is 4.24. The van der Waals surface area contributed by atoms with Gasteiger partial charge in [0.15, 0.2) is 0 Å². The second-order valence-electron chi connectivity index (χ2n) is 4.32. The highest BCUT2D eigenvalue weighted by atomic mass is 16.5. The van der Waals surface area contributed by atoms with Crippen LogP contribution in [-0.2, 0) is 6.54 Å². The standard InChI is InChI=1S/C12H18N6O2/c1-8(6-18-7-9(13)5-14-18)15-12-16-10(19-2)4-11(17-12)20-3/h4-5,7-8H,6,13H2,1-3H3,(H,15,16,17)/t8-/m1/s1. The highest BCUT2D eigenvalue weighted by Gasteiger charge is 2.09. The van der Waals surface area contributed by atoms with E-state index in [9.17, 15) is 0 Å². The molecule has 0 aliphatic heterocycles. The van der Waals surface area contributed by atoms with E-state index in [1.165, 1.54) is 0 Å². The molecular formula is C12H18N6O2. The first-order valence-electron chi connectivity index (χ1n) is 6.12. The summed E-state index contributed by atoms with van der Waals surface area (Å²) in [4.78, 5) is 8.42. The fraction of sp³-hybridized carbons (Fsp3) is 0.417. The lowest BCUT2D eigenvalue weighted by atomic mass is 10.3. The Morgan fingerprint density at radius 1 is 1.30 bits per heavy atom. The monoisotopic (exact) mass is 278 g/mol. The molecule has 0 amide bonds. The lowest BCUT2D eigenvalue weighted by Crippen LogP contribution is -2.23. The van der Waals surface area contributed by atoms with Gasteiger partial charge in [-0.1, -0.05) is 0 Å². The molecule has 3 N–H and O–H groups in total. The molecule has 2 heterocycles. The van der Waals surface area contributed by atoms with Gasteiger partial charge in [-0.15, -0.1) is 0 Å². The molecule has 0 aliphatic carbocycles. The van der Waals surface area contributed by atoms with Gasteiger partial charge in [-0.05, 0) is 6.92 Å². The molecule has 2 rings (SSSR count). The topological polar surface area (TPSA) is 100 Å². The number of anilines is 2. The molecule has 108 valence electrons. The molecule has 20 heavy (non-hydrogen) atoms. The minimum atomic E-state index is 0.0612. The van der Waals surface area contributed by atoms with Crippen molar-refractivity contribution in [3.63, 3.8) is 0 Å². The predicted molar refractivity (Wildman–Crippen MR) is 74.9 cm³/mol. The van der Waals surface area contributed by atoms with E-state index in [2.05, 4.69) is 20.4 Å². The van der Waals surface area contributed by atoms with Crippen molar-refractivity contribution in [2.75, 3.05) is 25.3 Å². The molecule has 0 saturated heterocycles. The van der Waals surface area contributed by atoms with E-state index >= 15 is 0 Å². The van der Waals surface area contributed by atoms with E-state index < -0.39 is 0 Å². The van der Waals surface area contributed by atoms with Gasteiger partial charge < -0.3 is 20.5 Å². The Morgan fingerprint density at radius 3 is 2.45 bits per heavy atom. The summed E-state index contributed by atoms with van der Waals surface area (Å²) in [5.41, 5.74) is 6.26. The molecule has 8 heteroatoms. The van der Waals surface area contributed by atoms with Crippen LogP contribution >= 0.6 is 0 Å². The largest absolute Gasteiger partial charge is 0.481 e. The molecule has 2 aromatic heterocycles. The number of hydrogen-bond acceptors (Lipinski definition) is 7. The van der Waals surface area contributed by atoms with Crippen LogP contribution in [0, 0.1) is 0 Å². The highest BCUT2D eigenvalue weighted by molar-refractivity contribution is 5.34. The van der Waals surface area contributed by atoms with Crippen LogP contribution in [-0.4, -0.2) is 40.0 Å². The van der Waals surface area contributed by atoms with Crippen LogP contribution < -0.4 is 20.5 Å². The summed E-state index contributed by atoms with van der Waals surface area (Å²) in [7, 11) is 3.09. The number of ether oxygens (including phenoxy) is 2. The number of methoxy groups -OCH3 is 2. The Bertz CT molecular complexity index is 549. The van der Waals surface area contributed by atoms with Gasteiger partial charge in [0, 0.05) is 12.2 Å². The molecule has 0 unspecified atom stereocenters. The molecule has 0 aliphatic rings. The average Bonchev–Trinajstić information content (AvgIpc) is 2.83. The van der Waals surface area contributed by atoms with E-state index in [1.54, 1.807) is 37.4 Å². The fourth-order valence-electron chi connectivity index (χ4n) is 1.70. The van der Waals surface area contributed by atoms with Crippen molar-refractivity contribution < 1.29 is 9.47 Å². The van der Waals surface area contributed by atoms with E-state index in [4.69, 9.17) is 15.2 Å². The first kappa shape index (κ1) is 13.9. The van der Waals surface area contributed by atoms with Crippen molar-refractivity contribution in [3.8, 4) is 11.8 Å². The fourth-order valence-corrected chi connectivity index (χ4v) is 1.70. The average molecular weight is 278 g/mol. The zero-order chi connectivity index (χ0) is 14.5. The lowest BCUT2D eigenvalue weighted by Gasteiger charge is -2.14. The molecule has 0 aromatic carbocycles. The zero-order valence-electron chi connectivity index (χ0n) is 11.7. The maximum absolute atomic E-state index is 5.62. The summed E-state index contributed by atoms with van der Waals surface area (Å²) in [6, 6.07) is 1.68. The maximum atomic E-state index is 5.62. The number of aromatic nitrogens is 4. The van der Waals surface area contributed by atoms with Crippen LogP contribution in [0.25, 0.3) is 0 Å². The van der Waals surface area contributed by atoms with Gasteiger partial charge in [0.25, 0.3) is 0 Å². The number of nitrogens with zero attached hydrogens (tertiary/aromatic N) is 4. The molecule has 8 nitrogen and oxygen atoms in total. The van der Waals surface area contributed by atoms with Gasteiger partial charge in [0.2, 0.25) is 17.7 Å². The summed E-state index contributed by atoms with van der Waals surface area (Å²) in [5, 5.41) is 7.29. The SMILES string of the molecule is COc1cc(OC)nc(N[C@H](C)Cn2cc(N)cn2)n1. The summed E-state index contributed by atoms with van der Waals surface area (Å²) in [5.74, 6) is 1.32. The molecule has 0 fully saturated rings. The molecular weight excluding hydrogens is 260 g/mol. The molecule has 2 aromatic rings. The quantitative estimate of drug-likeness (QED) is 0.805. The van der Waals surface area contributed by atoms with Crippen LogP contribution in [0.15, 0.2) is 18.5 Å². The maximum Gasteiger partial charge on any atom is 0.229 e. The van der Waals surface area contributed by atoms with Crippen molar-refractivity contribution in [1.82, 2.24) is 19.7 Å². The van der Waals surface area contributed by atoms with Gasteiger partial charge >= 0.3 is 0 Å². The van der Waals surface area contributed by atoms with E-state index in [0.29, 0.717) is 29.9 Å². The van der Waals surface area contributed by atoms with E-state index in [1.807, 2.05) is 6.92 Å². The number of nitrogen functional groups attached to an aromatic ring is 1. The molecule has 1 atom stereocenters. The minimum absolute atomic E-state index is 0.0612. The summed E-state index contributed by atoms with van der Waals surface area (Å²) in [6.07, 6.45) is 3.38. The van der Waals surface area contributed by atoms with Gasteiger partial charge in [-0.3, -0.25) is 4.68 Å². The number of nitrogens with two attached hydrogens (primary N) is 1. The zero-order valence-corrected chi connectivity index (χ0v) is 11.7. The van der Waals surface area contributed by atoms with Crippen LogP contribution in [0.3, 0.4) is 0 Å². The Morgan fingerprint density at radius 2 is 1.95 bits per heavy atom. The first-order chi connectivity index (χ1) is 9.60. The predicted octanol–water partition coefficient (Wildman–Crippen LogP) is 0.773. The Balaban J connectivity index is 2.04. The number of hydrogen-bond donors (Lipinski definition) is 2. The second-order valence-corrected chi connectivity index (χ2v) is 4.32. The van der Waals surface area contributed by atoms with Gasteiger partial charge in [0.05, 0.1) is 38.7 Å². The van der Waals surface area contributed by atoms with Crippen LogP contribution in [0.5, 0.6) is 11.8 Å². The van der Waals surface area contributed by atoms with Crippen molar-refractivity contribution >= 4 is 11.6 Å². The lowest BCUT2D eigenvalue weighted by molar-refractivity contribution is 0.372. The van der Waals surface area contributed by atoms with Crippen molar-refractivity contribution in [2.45, 2.75) is 19.5 Å². The summed E-state index contributed by atoms with van der Waals surface area (Å²) < 4.78 is 11.9. The van der Waals surface area contributed by atoms with E-state index in [0.717, 1.165) is 0 Å². The summed E-state index contributed by atoms with van der Waals surface area (Å²) in [6.45, 7) is 2.63. The molecule has 0 bridgehead atoms. The van der Waals surface area contributed by atoms with Gasteiger partial charge in [-0.2, -0.15) is 15.1 Å². The number of nitrogens with one attached hydrogen (secondary N) is 1. The number of rotatable bonds is 6. The Hall–Kier alpha value is -2.51. The van der Waals surface area contributed by atoms with Crippen LogP contribution in [0.4, 0.5) is 11.6 Å².